The van der Waals surface area contributed by atoms with Crippen LogP contribution in [0, 0.1) is 0 Å². The van der Waals surface area contributed by atoms with E-state index in [1.165, 1.54) is 0 Å². The van der Waals surface area contributed by atoms with E-state index in [0.717, 1.165) is 0 Å². The SMILES string of the molecule is [Cl][Al]([Cl])[Cl].[Cr]. The summed E-state index contributed by atoms with van der Waals surface area (Å²) in [7, 11) is 14.8. The van der Waals surface area contributed by atoms with Gasteiger partial charge in [0.2, 0.25) is 0 Å². The Morgan fingerprint density at radius 2 is 1.00 bits per heavy atom. The molecule has 0 aliphatic heterocycles. The first-order chi connectivity index (χ1) is 1.73. The third kappa shape index (κ3) is 24.5. The number of hydrogen-bond donors (Lipinski definition) is 0. The predicted octanol–water partition coefficient (Wildman–Crippen LogP) is 1.69. The number of halogens is 3. The molecule has 0 spiro atoms. The minimum Gasteiger partial charge on any atom is -0.214 e. The van der Waals surface area contributed by atoms with Crippen molar-refractivity contribution < 1.29 is 17.4 Å². The summed E-state index contributed by atoms with van der Waals surface area (Å²) in [6.07, 6.45) is 0. The van der Waals surface area contributed by atoms with E-state index in [0.29, 0.717) is 0 Å². The molecule has 0 aromatic heterocycles. The summed E-state index contributed by atoms with van der Waals surface area (Å²) in [5.74, 6) is 0. The second-order valence-electron chi connectivity index (χ2n) is 0.247. The van der Waals surface area contributed by atoms with Crippen molar-refractivity contribution in [1.82, 2.24) is 0 Å². The van der Waals surface area contributed by atoms with E-state index in [1.54, 1.807) is 0 Å². The van der Waals surface area contributed by atoms with Gasteiger partial charge in [0.25, 0.3) is 0 Å². The Bertz CT molecular complexity index is 11.6. The van der Waals surface area contributed by atoms with Crippen molar-refractivity contribution in [1.29, 1.82) is 0 Å². The Morgan fingerprint density at radius 1 is 1.00 bits per heavy atom. The molecule has 0 saturated carbocycles. The zero-order chi connectivity index (χ0) is 3.58. The van der Waals surface area contributed by atoms with Gasteiger partial charge in [-0.25, -0.2) is 30.1 Å². The van der Waals surface area contributed by atoms with Crippen molar-refractivity contribution in [2.24, 2.45) is 0 Å². The molecule has 5 heavy (non-hydrogen) atoms. The molecule has 0 bridgehead atoms. The molecule has 0 aliphatic carbocycles. The fourth-order valence-electron chi connectivity index (χ4n) is 0. The molecule has 0 N–H and O–H groups in total. The minimum absolute atomic E-state index is 0. The first-order valence-electron chi connectivity index (χ1n) is 0.655. The Kier molecular flexibility index (Phi) is 11.9. The second-order valence-corrected chi connectivity index (χ2v) is 6.68. The summed E-state index contributed by atoms with van der Waals surface area (Å²) < 4.78 is 0. The molecule has 30 valence electrons. The van der Waals surface area contributed by atoms with Crippen LogP contribution in [0.2, 0.25) is 0 Å². The summed E-state index contributed by atoms with van der Waals surface area (Å²) >= 11 is -1.72. The van der Waals surface area contributed by atoms with Gasteiger partial charge < -0.3 is 0 Å². The molecule has 0 atom stereocenters. The van der Waals surface area contributed by atoms with Crippen LogP contribution in [0.25, 0.3) is 0 Å². The smallest absolute Gasteiger partial charge is 0.214 e. The van der Waals surface area contributed by atoms with Crippen LogP contribution in [0.5, 0.6) is 0 Å². The average molecular weight is 185 g/mol. The Balaban J connectivity index is 0. The van der Waals surface area contributed by atoms with Gasteiger partial charge in [-0.2, -0.15) is 0 Å². The number of hydrogen-bond acceptors (Lipinski definition) is 0. The van der Waals surface area contributed by atoms with E-state index < -0.39 is 11.4 Å². The van der Waals surface area contributed by atoms with Crippen LogP contribution in [-0.2, 0) is 17.4 Å². The van der Waals surface area contributed by atoms with E-state index in [4.69, 9.17) is 30.1 Å². The monoisotopic (exact) mass is 184 g/mol. The van der Waals surface area contributed by atoms with Gasteiger partial charge in [0.15, 0.2) is 0 Å². The van der Waals surface area contributed by atoms with Crippen LogP contribution in [0.4, 0.5) is 0 Å². The van der Waals surface area contributed by atoms with Crippen molar-refractivity contribution in [3.63, 3.8) is 0 Å². The van der Waals surface area contributed by atoms with Crippen molar-refractivity contribution in [3.8, 4) is 0 Å². The minimum atomic E-state index is -1.72. The summed E-state index contributed by atoms with van der Waals surface area (Å²) in [5.41, 5.74) is 0. The van der Waals surface area contributed by atoms with E-state index in [9.17, 15) is 0 Å². The van der Waals surface area contributed by atoms with Gasteiger partial charge in [0.05, 0.1) is 0 Å². The Morgan fingerprint density at radius 3 is 1.00 bits per heavy atom. The maximum Gasteiger partial charge on any atom is 0.643 e. The van der Waals surface area contributed by atoms with E-state index in [2.05, 4.69) is 0 Å². The average Bonchev–Trinajstić information content (AvgIpc) is 0.811. The van der Waals surface area contributed by atoms with E-state index in [-0.39, 0.29) is 17.4 Å². The zero-order valence-corrected chi connectivity index (χ0v) is 6.82. The van der Waals surface area contributed by atoms with Gasteiger partial charge in [-0.3, -0.25) is 0 Å². The third-order valence-corrected chi connectivity index (χ3v) is 0. The largest absolute Gasteiger partial charge is 0.643 e. The molecular weight excluding hydrogens is 185 g/mol. The maximum atomic E-state index is 4.94. The molecule has 0 fully saturated rings. The molecular formula is AlCl3Cr. The Hall–Kier alpha value is 1.93. The summed E-state index contributed by atoms with van der Waals surface area (Å²) in [6, 6.07) is 0. The van der Waals surface area contributed by atoms with Crippen LogP contribution in [0.3, 0.4) is 0 Å². The molecule has 0 radical (unpaired) electrons. The molecule has 0 aromatic rings. The molecule has 0 aromatic carbocycles. The van der Waals surface area contributed by atoms with Crippen molar-refractivity contribution in [3.05, 3.63) is 0 Å². The van der Waals surface area contributed by atoms with Crippen LogP contribution in [-0.4, -0.2) is 11.4 Å². The summed E-state index contributed by atoms with van der Waals surface area (Å²) in [5, 5.41) is 0. The van der Waals surface area contributed by atoms with E-state index in [1.807, 2.05) is 0 Å². The molecule has 0 rings (SSSR count). The van der Waals surface area contributed by atoms with Crippen LogP contribution in [0.1, 0.15) is 0 Å². The molecule has 0 aliphatic rings. The van der Waals surface area contributed by atoms with Crippen LogP contribution < -0.4 is 0 Å². The molecule has 0 amide bonds. The van der Waals surface area contributed by atoms with Gasteiger partial charge in [0.1, 0.15) is 0 Å². The van der Waals surface area contributed by atoms with Crippen molar-refractivity contribution in [2.75, 3.05) is 0 Å². The normalized spacial score (nSPS) is 5.40. The maximum absolute atomic E-state index is 4.94. The van der Waals surface area contributed by atoms with Gasteiger partial charge in [0, 0.05) is 17.4 Å². The molecule has 5 heteroatoms. The van der Waals surface area contributed by atoms with Gasteiger partial charge in [-0.15, -0.1) is 0 Å². The molecule has 0 saturated heterocycles. The predicted molar refractivity (Wildman–Crippen MR) is 23.3 cm³/mol. The zero-order valence-electron chi connectivity index (χ0n) is 2.12. The summed E-state index contributed by atoms with van der Waals surface area (Å²) in [6.45, 7) is 0. The third-order valence-electron chi connectivity index (χ3n) is 0. The Labute approximate surface area is 58.5 Å². The number of rotatable bonds is 0. The topological polar surface area (TPSA) is 0 Å². The second kappa shape index (κ2) is 5.93. The molecule has 0 nitrogen and oxygen atoms in total. The fraction of sp³-hybridized carbons (Fsp3) is 0. The molecule has 0 unspecified atom stereocenters. The van der Waals surface area contributed by atoms with Gasteiger partial charge in [-0.1, -0.05) is 0 Å². The fourth-order valence-corrected chi connectivity index (χ4v) is 0. The molecule has 0 heterocycles. The van der Waals surface area contributed by atoms with Crippen molar-refractivity contribution in [2.45, 2.75) is 0 Å². The van der Waals surface area contributed by atoms with Gasteiger partial charge in [-0.05, 0) is 0 Å². The van der Waals surface area contributed by atoms with Crippen LogP contribution in [0.15, 0.2) is 0 Å². The van der Waals surface area contributed by atoms with Crippen molar-refractivity contribution >= 4 is 41.5 Å². The van der Waals surface area contributed by atoms with E-state index >= 15 is 0 Å². The standard InChI is InChI=1S/Al.3ClH.Cr/h;3*1H;/q+3;;;;/p-3. The first-order valence-corrected chi connectivity index (χ1v) is 5.89. The quantitative estimate of drug-likeness (QED) is 0.504. The van der Waals surface area contributed by atoms with Gasteiger partial charge >= 0.3 is 11.4 Å². The summed E-state index contributed by atoms with van der Waals surface area (Å²) in [4.78, 5) is 0. The van der Waals surface area contributed by atoms with Crippen LogP contribution >= 0.6 is 30.1 Å². The first kappa shape index (κ1) is 10.0.